The Labute approximate surface area is 248 Å². The molecule has 3 aromatic rings. The predicted molar refractivity (Wildman–Crippen MR) is 163 cm³/mol. The molecule has 4 rings (SSSR count). The SMILES string of the molecule is Cc1ccc(N(CC(=O)N(Cc2cccc(C)c2)[C@H](C)C(=O)NC2CCCCC2)S(=O)(=O)c2ccc(Cl)cc2)cc1. The molecule has 0 radical (unpaired) electrons. The molecule has 1 saturated carbocycles. The lowest BCUT2D eigenvalue weighted by Gasteiger charge is -2.33. The lowest BCUT2D eigenvalue weighted by Crippen LogP contribution is -2.53. The van der Waals surface area contributed by atoms with Gasteiger partial charge in [0.15, 0.2) is 0 Å². The minimum Gasteiger partial charge on any atom is -0.352 e. The molecule has 2 amide bonds. The van der Waals surface area contributed by atoms with E-state index < -0.39 is 28.5 Å². The van der Waals surface area contributed by atoms with E-state index in [4.69, 9.17) is 11.6 Å². The molecule has 0 saturated heterocycles. The first-order chi connectivity index (χ1) is 19.5. The number of halogens is 1. The Kier molecular flexibility index (Phi) is 10.1. The number of hydrogen-bond acceptors (Lipinski definition) is 4. The Balaban J connectivity index is 1.67. The lowest BCUT2D eigenvalue weighted by molar-refractivity contribution is -0.139. The second-order valence-corrected chi connectivity index (χ2v) is 13.1. The highest BCUT2D eigenvalue weighted by Crippen LogP contribution is 2.26. The Morgan fingerprint density at radius 1 is 0.927 bits per heavy atom. The molecule has 0 aromatic heterocycles. The number of anilines is 1. The molecule has 9 heteroatoms. The van der Waals surface area contributed by atoms with E-state index in [1.54, 1.807) is 31.2 Å². The number of carbonyl (C=O) groups excluding carboxylic acids is 2. The molecule has 41 heavy (non-hydrogen) atoms. The molecule has 218 valence electrons. The van der Waals surface area contributed by atoms with Crippen molar-refractivity contribution in [3.8, 4) is 0 Å². The van der Waals surface area contributed by atoms with Crippen LogP contribution in [0, 0.1) is 13.8 Å². The highest BCUT2D eigenvalue weighted by atomic mass is 35.5. The van der Waals surface area contributed by atoms with Gasteiger partial charge in [0.2, 0.25) is 11.8 Å². The zero-order valence-electron chi connectivity index (χ0n) is 23.8. The Hall–Kier alpha value is -3.36. The van der Waals surface area contributed by atoms with Gasteiger partial charge in [-0.3, -0.25) is 13.9 Å². The van der Waals surface area contributed by atoms with Crippen LogP contribution in [-0.4, -0.2) is 43.8 Å². The molecule has 0 spiro atoms. The van der Waals surface area contributed by atoms with Crippen LogP contribution in [-0.2, 0) is 26.2 Å². The van der Waals surface area contributed by atoms with Crippen LogP contribution in [0.5, 0.6) is 0 Å². The van der Waals surface area contributed by atoms with E-state index in [1.165, 1.54) is 29.2 Å². The number of aryl methyl sites for hydroxylation is 2. The van der Waals surface area contributed by atoms with E-state index in [1.807, 2.05) is 38.1 Å². The number of rotatable bonds is 10. The molecule has 1 aliphatic rings. The molecule has 1 aliphatic carbocycles. The summed E-state index contributed by atoms with van der Waals surface area (Å²) in [5.41, 5.74) is 3.20. The minimum absolute atomic E-state index is 0.0172. The third kappa shape index (κ3) is 7.89. The van der Waals surface area contributed by atoms with Gasteiger partial charge in [0, 0.05) is 17.6 Å². The normalized spacial score (nSPS) is 14.7. The highest BCUT2D eigenvalue weighted by molar-refractivity contribution is 7.92. The summed E-state index contributed by atoms with van der Waals surface area (Å²) in [5, 5.41) is 3.53. The molecular formula is C32H38ClN3O4S. The van der Waals surface area contributed by atoms with Gasteiger partial charge in [-0.05, 0) is 75.6 Å². The maximum atomic E-state index is 14.1. The summed E-state index contributed by atoms with van der Waals surface area (Å²) in [6.07, 6.45) is 5.14. The lowest BCUT2D eigenvalue weighted by atomic mass is 9.95. The van der Waals surface area contributed by atoms with Gasteiger partial charge in [-0.1, -0.05) is 78.4 Å². The molecule has 0 aliphatic heterocycles. The van der Waals surface area contributed by atoms with E-state index in [2.05, 4.69) is 5.32 Å². The van der Waals surface area contributed by atoms with Gasteiger partial charge < -0.3 is 10.2 Å². The smallest absolute Gasteiger partial charge is 0.264 e. The number of nitrogens with one attached hydrogen (secondary N) is 1. The summed E-state index contributed by atoms with van der Waals surface area (Å²) in [6, 6.07) is 19.8. The summed E-state index contributed by atoms with van der Waals surface area (Å²) in [6.45, 7) is 5.27. The molecule has 3 aromatic carbocycles. The Morgan fingerprint density at radius 2 is 1.59 bits per heavy atom. The predicted octanol–water partition coefficient (Wildman–Crippen LogP) is 6.02. The van der Waals surface area contributed by atoms with Gasteiger partial charge >= 0.3 is 0 Å². The molecular weight excluding hydrogens is 558 g/mol. The summed E-state index contributed by atoms with van der Waals surface area (Å²) < 4.78 is 28.9. The summed E-state index contributed by atoms with van der Waals surface area (Å²) in [4.78, 5) is 29.0. The first-order valence-corrected chi connectivity index (χ1v) is 15.9. The van der Waals surface area contributed by atoms with Crippen LogP contribution in [0.15, 0.2) is 77.7 Å². The Morgan fingerprint density at radius 3 is 2.22 bits per heavy atom. The standard InChI is InChI=1S/C32H38ClN3O4S/c1-23-12-16-29(17-13-23)36(41(39,40)30-18-14-27(33)15-19-30)22-31(37)35(21-26-9-7-8-24(2)20-26)25(3)32(38)34-28-10-5-4-6-11-28/h7-9,12-20,25,28H,4-6,10-11,21-22H2,1-3H3,(H,34,38)/t25-/m1/s1. The van der Waals surface area contributed by atoms with Gasteiger partial charge in [0.25, 0.3) is 10.0 Å². The minimum atomic E-state index is -4.13. The van der Waals surface area contributed by atoms with Crippen LogP contribution >= 0.6 is 11.6 Å². The van der Waals surface area contributed by atoms with Gasteiger partial charge in [-0.25, -0.2) is 8.42 Å². The molecule has 1 fully saturated rings. The number of hydrogen-bond donors (Lipinski definition) is 1. The van der Waals surface area contributed by atoms with Crippen molar-refractivity contribution in [3.05, 3.63) is 94.5 Å². The monoisotopic (exact) mass is 595 g/mol. The second-order valence-electron chi connectivity index (χ2n) is 10.8. The third-order valence-corrected chi connectivity index (χ3v) is 9.60. The number of benzene rings is 3. The number of nitrogens with zero attached hydrogens (tertiary/aromatic N) is 2. The molecule has 1 N–H and O–H groups in total. The van der Waals surface area contributed by atoms with Gasteiger partial charge in [-0.2, -0.15) is 0 Å². The van der Waals surface area contributed by atoms with E-state index in [9.17, 15) is 18.0 Å². The molecule has 7 nitrogen and oxygen atoms in total. The average molecular weight is 596 g/mol. The van der Waals surface area contributed by atoms with Crippen molar-refractivity contribution in [1.29, 1.82) is 0 Å². The number of sulfonamides is 1. The summed E-state index contributed by atoms with van der Waals surface area (Å²) in [5.74, 6) is -0.712. The van der Waals surface area contributed by atoms with Crippen molar-refractivity contribution in [2.24, 2.45) is 0 Å². The maximum Gasteiger partial charge on any atom is 0.264 e. The quantitative estimate of drug-likeness (QED) is 0.311. The number of carbonyl (C=O) groups is 2. The maximum absolute atomic E-state index is 14.1. The fourth-order valence-corrected chi connectivity index (χ4v) is 6.67. The fourth-order valence-electron chi connectivity index (χ4n) is 5.13. The Bertz CT molecular complexity index is 1450. The van der Waals surface area contributed by atoms with Crippen molar-refractivity contribution in [2.75, 3.05) is 10.8 Å². The van der Waals surface area contributed by atoms with Crippen molar-refractivity contribution < 1.29 is 18.0 Å². The zero-order chi connectivity index (χ0) is 29.6. The second kappa shape index (κ2) is 13.5. The zero-order valence-corrected chi connectivity index (χ0v) is 25.4. The molecule has 0 unspecified atom stereocenters. The largest absolute Gasteiger partial charge is 0.352 e. The van der Waals surface area contributed by atoms with Crippen LogP contribution in [0.2, 0.25) is 5.02 Å². The van der Waals surface area contributed by atoms with Crippen LogP contribution in [0.1, 0.15) is 55.7 Å². The van der Waals surface area contributed by atoms with Crippen molar-refractivity contribution >= 4 is 39.1 Å². The van der Waals surface area contributed by atoms with E-state index in [0.717, 1.165) is 53.1 Å². The average Bonchev–Trinajstić information content (AvgIpc) is 2.95. The van der Waals surface area contributed by atoms with Crippen LogP contribution in [0.4, 0.5) is 5.69 Å². The topological polar surface area (TPSA) is 86.8 Å². The fraction of sp³-hybridized carbons (Fsp3) is 0.375. The van der Waals surface area contributed by atoms with Gasteiger partial charge in [0.05, 0.1) is 10.6 Å². The number of amides is 2. The molecule has 0 bridgehead atoms. The van der Waals surface area contributed by atoms with Crippen LogP contribution in [0.3, 0.4) is 0 Å². The highest BCUT2D eigenvalue weighted by Gasteiger charge is 2.33. The molecule has 1 atom stereocenters. The first kappa shape index (κ1) is 30.6. The van der Waals surface area contributed by atoms with Crippen molar-refractivity contribution in [3.63, 3.8) is 0 Å². The third-order valence-electron chi connectivity index (χ3n) is 7.56. The van der Waals surface area contributed by atoms with Crippen molar-refractivity contribution in [1.82, 2.24) is 10.2 Å². The van der Waals surface area contributed by atoms with E-state index in [0.29, 0.717) is 10.7 Å². The summed E-state index contributed by atoms with van der Waals surface area (Å²) >= 11 is 6.02. The summed E-state index contributed by atoms with van der Waals surface area (Å²) in [7, 11) is -4.13. The van der Waals surface area contributed by atoms with Crippen LogP contribution in [0.25, 0.3) is 0 Å². The van der Waals surface area contributed by atoms with E-state index in [-0.39, 0.29) is 23.4 Å². The first-order valence-electron chi connectivity index (χ1n) is 14.0. The van der Waals surface area contributed by atoms with Gasteiger partial charge in [0.1, 0.15) is 12.6 Å². The van der Waals surface area contributed by atoms with Crippen LogP contribution < -0.4 is 9.62 Å². The van der Waals surface area contributed by atoms with E-state index >= 15 is 0 Å². The molecule has 0 heterocycles. The van der Waals surface area contributed by atoms with Crippen molar-refractivity contribution in [2.45, 2.75) is 76.4 Å². The van der Waals surface area contributed by atoms with Gasteiger partial charge in [-0.15, -0.1) is 0 Å².